The summed E-state index contributed by atoms with van der Waals surface area (Å²) in [4.78, 5) is 11.5. The minimum atomic E-state index is -0.468. The molecular formula is C15H10FN2O+. The van der Waals surface area contributed by atoms with E-state index >= 15 is 0 Å². The zero-order valence-corrected chi connectivity index (χ0v) is 9.93. The molecular weight excluding hydrogens is 243 g/mol. The van der Waals surface area contributed by atoms with E-state index in [0.717, 1.165) is 5.56 Å². The lowest BCUT2D eigenvalue weighted by atomic mass is 10.0. The van der Waals surface area contributed by atoms with Crippen LogP contribution in [0.15, 0.2) is 48.5 Å². The lowest BCUT2D eigenvalue weighted by Crippen LogP contribution is -2.14. The van der Waals surface area contributed by atoms with Crippen LogP contribution < -0.4 is 9.98 Å². The van der Waals surface area contributed by atoms with Crippen molar-refractivity contribution in [1.29, 1.82) is 0 Å². The molecule has 0 unspecified atom stereocenters. The molecule has 0 radical (unpaired) electrons. The summed E-state index contributed by atoms with van der Waals surface area (Å²) < 4.78 is 18.0. The van der Waals surface area contributed by atoms with Gasteiger partial charge >= 0.3 is 17.8 Å². The summed E-state index contributed by atoms with van der Waals surface area (Å²) >= 11 is 0. The first-order valence-corrected chi connectivity index (χ1v) is 5.82. The van der Waals surface area contributed by atoms with Crippen LogP contribution in [0.2, 0.25) is 0 Å². The first kappa shape index (κ1) is 11.4. The molecule has 3 rings (SSSR count). The Bertz CT molecular complexity index is 716. The van der Waals surface area contributed by atoms with Crippen LogP contribution in [0.3, 0.4) is 0 Å². The quantitative estimate of drug-likeness (QED) is 0.773. The summed E-state index contributed by atoms with van der Waals surface area (Å²) in [5, 5.41) is 2.51. The lowest BCUT2D eigenvalue weighted by molar-refractivity contribution is -0.110. The SMILES string of the molecule is O=C1C=[N+]=C(c2ccccc2)c2cccc(F)c2N1. The average Bonchev–Trinajstić information content (AvgIpc) is 2.60. The number of halogens is 1. The molecule has 2 aromatic carbocycles. The maximum Gasteiger partial charge on any atom is 0.357 e. The minimum absolute atomic E-state index is 0.170. The second-order valence-electron chi connectivity index (χ2n) is 4.12. The van der Waals surface area contributed by atoms with E-state index in [1.807, 2.05) is 30.3 Å². The molecule has 19 heavy (non-hydrogen) atoms. The Morgan fingerprint density at radius 1 is 1.00 bits per heavy atom. The molecule has 4 heteroatoms. The van der Waals surface area contributed by atoms with Crippen molar-refractivity contribution >= 4 is 23.5 Å². The number of nitrogens with zero attached hydrogens (tertiary/aromatic N) is 1. The van der Waals surface area contributed by atoms with Crippen molar-refractivity contribution in [3.05, 3.63) is 65.5 Å². The van der Waals surface area contributed by atoms with E-state index in [2.05, 4.69) is 9.98 Å². The smallest absolute Gasteiger partial charge is 0.313 e. The van der Waals surface area contributed by atoms with E-state index < -0.39 is 11.7 Å². The maximum atomic E-state index is 13.8. The van der Waals surface area contributed by atoms with Crippen LogP contribution in [0.25, 0.3) is 0 Å². The monoisotopic (exact) mass is 253 g/mol. The highest BCUT2D eigenvalue weighted by Crippen LogP contribution is 2.23. The molecule has 0 atom stereocenters. The maximum absolute atomic E-state index is 13.8. The largest absolute Gasteiger partial charge is 0.357 e. The standard InChI is InChI=1S/C15H9FN2O/c16-12-8-4-7-11-14(10-5-2-1-3-6-10)17-9-13(19)18-15(11)12/h1-9H/p+1. The number of rotatable bonds is 1. The van der Waals surface area contributed by atoms with Crippen LogP contribution in [-0.2, 0) is 4.79 Å². The number of hydrogen-bond acceptors (Lipinski definition) is 1. The van der Waals surface area contributed by atoms with Crippen LogP contribution in [0.1, 0.15) is 11.1 Å². The zero-order chi connectivity index (χ0) is 13.2. The van der Waals surface area contributed by atoms with Gasteiger partial charge in [-0.1, -0.05) is 28.9 Å². The third kappa shape index (κ3) is 2.05. The molecule has 1 aliphatic heterocycles. The third-order valence-corrected chi connectivity index (χ3v) is 2.88. The molecule has 1 aliphatic rings. The molecule has 0 fully saturated rings. The first-order valence-electron chi connectivity index (χ1n) is 5.82. The highest BCUT2D eigenvalue weighted by molar-refractivity contribution is 6.35. The summed E-state index contributed by atoms with van der Waals surface area (Å²) in [5.74, 6) is -0.901. The third-order valence-electron chi connectivity index (χ3n) is 2.88. The first-order chi connectivity index (χ1) is 9.25. The van der Waals surface area contributed by atoms with Crippen molar-refractivity contribution in [2.45, 2.75) is 0 Å². The highest BCUT2D eigenvalue weighted by atomic mass is 19.1. The van der Waals surface area contributed by atoms with E-state index in [1.54, 1.807) is 12.1 Å². The van der Waals surface area contributed by atoms with Gasteiger partial charge in [0.25, 0.3) is 0 Å². The summed E-state index contributed by atoms with van der Waals surface area (Å²) in [5.41, 5.74) is 2.16. The van der Waals surface area contributed by atoms with Gasteiger partial charge in [-0.15, -0.1) is 0 Å². The van der Waals surface area contributed by atoms with Crippen molar-refractivity contribution in [2.24, 2.45) is 0 Å². The fourth-order valence-corrected chi connectivity index (χ4v) is 2.02. The zero-order valence-electron chi connectivity index (χ0n) is 9.93. The van der Waals surface area contributed by atoms with Gasteiger partial charge in [0.2, 0.25) is 0 Å². The predicted molar refractivity (Wildman–Crippen MR) is 72.9 cm³/mol. The van der Waals surface area contributed by atoms with Gasteiger partial charge in [-0.2, -0.15) is 0 Å². The van der Waals surface area contributed by atoms with Crippen LogP contribution in [-0.4, -0.2) is 17.8 Å². The van der Waals surface area contributed by atoms with Gasteiger partial charge < -0.3 is 5.32 Å². The number of nitrogens with one attached hydrogen (secondary N) is 1. The van der Waals surface area contributed by atoms with E-state index in [-0.39, 0.29) is 5.69 Å². The Balaban J connectivity index is 2.28. The van der Waals surface area contributed by atoms with Gasteiger partial charge in [0.1, 0.15) is 5.82 Å². The van der Waals surface area contributed by atoms with Gasteiger partial charge in [0.05, 0.1) is 16.8 Å². The summed E-state index contributed by atoms with van der Waals surface area (Å²) in [6.45, 7) is 0. The molecule has 0 bridgehead atoms. The minimum Gasteiger partial charge on any atom is -0.313 e. The average molecular weight is 253 g/mol. The lowest BCUT2D eigenvalue weighted by Gasteiger charge is -2.05. The van der Waals surface area contributed by atoms with Gasteiger partial charge in [-0.25, -0.2) is 4.39 Å². The highest BCUT2D eigenvalue weighted by Gasteiger charge is 2.26. The van der Waals surface area contributed by atoms with Crippen molar-refractivity contribution in [3.8, 4) is 0 Å². The summed E-state index contributed by atoms with van der Waals surface area (Å²) in [6, 6.07) is 14.0. The van der Waals surface area contributed by atoms with E-state index in [1.165, 1.54) is 12.3 Å². The van der Waals surface area contributed by atoms with Crippen LogP contribution in [0, 0.1) is 5.82 Å². The molecule has 2 aromatic rings. The Hall–Kier alpha value is -2.71. The van der Waals surface area contributed by atoms with Crippen LogP contribution >= 0.6 is 0 Å². The number of para-hydroxylation sites is 1. The van der Waals surface area contributed by atoms with Crippen molar-refractivity contribution < 1.29 is 9.18 Å². The Morgan fingerprint density at radius 2 is 1.79 bits per heavy atom. The molecule has 1 N–H and O–H groups in total. The number of amides is 1. The van der Waals surface area contributed by atoms with Gasteiger partial charge in [0, 0.05) is 0 Å². The van der Waals surface area contributed by atoms with Crippen molar-refractivity contribution in [1.82, 2.24) is 4.67 Å². The summed E-state index contributed by atoms with van der Waals surface area (Å²) in [6.07, 6.45) is 1.17. The molecule has 0 spiro atoms. The second-order valence-corrected chi connectivity index (χ2v) is 4.12. The number of carbonyl (C=O) groups is 1. The molecule has 0 aliphatic carbocycles. The molecule has 0 saturated carbocycles. The Kier molecular flexibility index (Phi) is 2.71. The predicted octanol–water partition coefficient (Wildman–Crippen LogP) is 1.75. The van der Waals surface area contributed by atoms with Gasteiger partial charge in [-0.05, 0) is 24.3 Å². The summed E-state index contributed by atoms with van der Waals surface area (Å²) in [7, 11) is 0. The van der Waals surface area contributed by atoms with Gasteiger partial charge in [0.15, 0.2) is 0 Å². The molecule has 92 valence electrons. The van der Waals surface area contributed by atoms with E-state index in [9.17, 15) is 9.18 Å². The van der Waals surface area contributed by atoms with Crippen LogP contribution in [0.5, 0.6) is 0 Å². The fourth-order valence-electron chi connectivity index (χ4n) is 2.02. The van der Waals surface area contributed by atoms with E-state index in [4.69, 9.17) is 0 Å². The van der Waals surface area contributed by atoms with Gasteiger partial charge in [-0.3, -0.25) is 4.79 Å². The molecule has 1 heterocycles. The second kappa shape index (κ2) is 4.52. The Labute approximate surface area is 109 Å². The number of fused-ring (bicyclic) bond motifs is 1. The number of benzene rings is 2. The topological polar surface area (TPSA) is 43.2 Å². The fraction of sp³-hybridized carbons (Fsp3) is 0. The number of hydrogen-bond donors (Lipinski definition) is 1. The van der Waals surface area contributed by atoms with Crippen molar-refractivity contribution in [3.63, 3.8) is 0 Å². The molecule has 3 nitrogen and oxygen atoms in total. The number of anilines is 1. The normalized spacial score (nSPS) is 13.3. The Morgan fingerprint density at radius 3 is 2.58 bits per heavy atom. The molecule has 0 aromatic heterocycles. The molecule has 0 saturated heterocycles. The molecule has 1 amide bonds. The van der Waals surface area contributed by atoms with E-state index in [0.29, 0.717) is 11.3 Å². The van der Waals surface area contributed by atoms with Crippen LogP contribution in [0.4, 0.5) is 10.1 Å². The van der Waals surface area contributed by atoms with Crippen molar-refractivity contribution in [2.75, 3.05) is 5.32 Å². The number of carbonyl (C=O) groups excluding carboxylic acids is 1.